The first kappa shape index (κ1) is 20.4. The van der Waals surface area contributed by atoms with Crippen molar-refractivity contribution in [2.24, 2.45) is 0 Å². The summed E-state index contributed by atoms with van der Waals surface area (Å²) in [5.74, 6) is -0.457. The largest absolute Gasteiger partial charge is 0.497 e. The Balaban J connectivity index is 2.01. The first-order chi connectivity index (χ1) is 13.9. The third-order valence-electron chi connectivity index (χ3n) is 4.23. The van der Waals surface area contributed by atoms with Crippen LogP contribution < -0.4 is 10.1 Å². The van der Waals surface area contributed by atoms with E-state index < -0.39 is 11.9 Å². The Kier molecular flexibility index (Phi) is 6.19. The van der Waals surface area contributed by atoms with E-state index in [-0.39, 0.29) is 17.9 Å². The fourth-order valence-electron chi connectivity index (χ4n) is 2.82. The van der Waals surface area contributed by atoms with Crippen LogP contribution in [-0.4, -0.2) is 35.4 Å². The Morgan fingerprint density at radius 1 is 1.10 bits per heavy atom. The summed E-state index contributed by atoms with van der Waals surface area (Å²) in [5, 5.41) is 7.69. The molecule has 29 heavy (non-hydrogen) atoms. The summed E-state index contributed by atoms with van der Waals surface area (Å²) in [7, 11) is 1.56. The number of amides is 1. The van der Waals surface area contributed by atoms with Gasteiger partial charge in [0.05, 0.1) is 30.7 Å². The summed E-state index contributed by atoms with van der Waals surface area (Å²) in [6, 6.07) is 13.8. The predicted octanol–water partition coefficient (Wildman–Crippen LogP) is 4.27. The Hall–Kier alpha value is -3.32. The molecule has 8 heteroatoms. The van der Waals surface area contributed by atoms with Crippen LogP contribution in [0.3, 0.4) is 0 Å². The van der Waals surface area contributed by atoms with Crippen LogP contribution in [0.4, 0.5) is 5.69 Å². The number of aromatic nitrogens is 2. The van der Waals surface area contributed by atoms with Gasteiger partial charge in [-0.15, -0.1) is 0 Å². The van der Waals surface area contributed by atoms with Gasteiger partial charge in [0.15, 0.2) is 5.69 Å². The van der Waals surface area contributed by atoms with E-state index in [1.165, 1.54) is 4.68 Å². The SMILES string of the molecule is CCOC(=O)c1nn(-c2ccc(Cl)cc2)c(C)c1C(=O)Nc1ccc(OC)cc1. The van der Waals surface area contributed by atoms with Crippen LogP contribution >= 0.6 is 11.6 Å². The number of hydrogen-bond donors (Lipinski definition) is 1. The second-order valence-electron chi connectivity index (χ2n) is 6.10. The number of halogens is 1. The Morgan fingerprint density at radius 2 is 1.76 bits per heavy atom. The maximum atomic E-state index is 13.0. The number of esters is 1. The molecule has 3 rings (SSSR count). The lowest BCUT2D eigenvalue weighted by Gasteiger charge is -2.08. The molecule has 1 amide bonds. The van der Waals surface area contributed by atoms with E-state index in [0.29, 0.717) is 27.8 Å². The van der Waals surface area contributed by atoms with E-state index in [1.807, 2.05) is 0 Å². The molecule has 1 aromatic heterocycles. The number of ether oxygens (including phenoxy) is 2. The molecular weight excluding hydrogens is 394 g/mol. The van der Waals surface area contributed by atoms with Gasteiger partial charge in [0.25, 0.3) is 5.91 Å². The van der Waals surface area contributed by atoms with Gasteiger partial charge in [0.2, 0.25) is 0 Å². The lowest BCUT2D eigenvalue weighted by Crippen LogP contribution is -2.17. The van der Waals surface area contributed by atoms with Gasteiger partial charge in [-0.3, -0.25) is 4.79 Å². The zero-order chi connectivity index (χ0) is 21.0. The van der Waals surface area contributed by atoms with E-state index in [1.54, 1.807) is 69.5 Å². The van der Waals surface area contributed by atoms with Crippen molar-refractivity contribution in [2.75, 3.05) is 19.0 Å². The van der Waals surface area contributed by atoms with Crippen molar-refractivity contribution in [1.29, 1.82) is 0 Å². The van der Waals surface area contributed by atoms with Crippen molar-refractivity contribution in [3.63, 3.8) is 0 Å². The predicted molar refractivity (Wildman–Crippen MR) is 110 cm³/mol. The summed E-state index contributed by atoms with van der Waals surface area (Å²) in [5.41, 5.74) is 1.83. The van der Waals surface area contributed by atoms with E-state index in [0.717, 1.165) is 0 Å². The minimum absolute atomic E-state index is 0.0506. The highest BCUT2D eigenvalue weighted by molar-refractivity contribution is 6.30. The van der Waals surface area contributed by atoms with E-state index in [4.69, 9.17) is 21.1 Å². The molecule has 0 bridgehead atoms. The van der Waals surface area contributed by atoms with Crippen LogP contribution in [0.25, 0.3) is 5.69 Å². The van der Waals surface area contributed by atoms with Gasteiger partial charge in [0, 0.05) is 10.7 Å². The lowest BCUT2D eigenvalue weighted by atomic mass is 10.1. The zero-order valence-corrected chi connectivity index (χ0v) is 17.0. The highest BCUT2D eigenvalue weighted by Gasteiger charge is 2.27. The van der Waals surface area contributed by atoms with Gasteiger partial charge in [-0.1, -0.05) is 11.6 Å². The van der Waals surface area contributed by atoms with Crippen LogP contribution in [-0.2, 0) is 4.74 Å². The summed E-state index contributed by atoms with van der Waals surface area (Å²) >= 11 is 5.95. The number of nitrogens with one attached hydrogen (secondary N) is 1. The molecule has 7 nitrogen and oxygen atoms in total. The zero-order valence-electron chi connectivity index (χ0n) is 16.2. The molecule has 0 fully saturated rings. The molecule has 3 aromatic rings. The number of carbonyl (C=O) groups excluding carboxylic acids is 2. The van der Waals surface area contributed by atoms with Crippen LogP contribution in [0, 0.1) is 6.92 Å². The molecule has 0 aliphatic rings. The minimum Gasteiger partial charge on any atom is -0.497 e. The van der Waals surface area contributed by atoms with Gasteiger partial charge in [-0.25, -0.2) is 9.48 Å². The molecule has 0 atom stereocenters. The first-order valence-electron chi connectivity index (χ1n) is 8.92. The average molecular weight is 414 g/mol. The molecule has 0 aliphatic heterocycles. The van der Waals surface area contributed by atoms with Crippen molar-refractivity contribution in [3.8, 4) is 11.4 Å². The summed E-state index contributed by atoms with van der Waals surface area (Å²) in [4.78, 5) is 25.4. The number of benzene rings is 2. The van der Waals surface area contributed by atoms with Crippen LogP contribution in [0.5, 0.6) is 5.75 Å². The van der Waals surface area contributed by atoms with Crippen LogP contribution in [0.1, 0.15) is 33.5 Å². The Labute approximate surface area is 173 Å². The van der Waals surface area contributed by atoms with Crippen LogP contribution in [0.2, 0.25) is 5.02 Å². The smallest absolute Gasteiger partial charge is 0.359 e. The Morgan fingerprint density at radius 3 is 2.34 bits per heavy atom. The molecule has 1 N–H and O–H groups in total. The molecule has 1 heterocycles. The second kappa shape index (κ2) is 8.79. The Bertz CT molecular complexity index is 1030. The molecule has 0 spiro atoms. The number of hydrogen-bond acceptors (Lipinski definition) is 5. The molecule has 0 unspecified atom stereocenters. The standard InChI is InChI=1S/C21H20ClN3O4/c1-4-29-21(27)19-18(20(26)23-15-7-11-17(28-3)12-8-15)13(2)25(24-19)16-9-5-14(22)6-10-16/h5-12H,4H2,1-3H3,(H,23,26). The maximum Gasteiger partial charge on any atom is 0.359 e. The van der Waals surface area contributed by atoms with E-state index in [9.17, 15) is 9.59 Å². The van der Waals surface area contributed by atoms with Gasteiger partial charge in [0.1, 0.15) is 5.75 Å². The summed E-state index contributed by atoms with van der Waals surface area (Å²) in [6.45, 7) is 3.58. The second-order valence-corrected chi connectivity index (χ2v) is 6.54. The normalized spacial score (nSPS) is 10.5. The number of methoxy groups -OCH3 is 1. The highest BCUT2D eigenvalue weighted by Crippen LogP contribution is 2.23. The summed E-state index contributed by atoms with van der Waals surface area (Å²) in [6.07, 6.45) is 0. The average Bonchev–Trinajstić information content (AvgIpc) is 3.07. The van der Waals surface area contributed by atoms with Crippen molar-refractivity contribution in [2.45, 2.75) is 13.8 Å². The molecule has 0 radical (unpaired) electrons. The quantitative estimate of drug-likeness (QED) is 0.610. The molecule has 150 valence electrons. The fourth-order valence-corrected chi connectivity index (χ4v) is 2.94. The van der Waals surface area contributed by atoms with Crippen molar-refractivity contribution < 1.29 is 19.1 Å². The number of carbonyl (C=O) groups is 2. The van der Waals surface area contributed by atoms with Crippen LogP contribution in [0.15, 0.2) is 48.5 Å². The fraction of sp³-hybridized carbons (Fsp3) is 0.190. The number of rotatable bonds is 6. The number of anilines is 1. The topological polar surface area (TPSA) is 82.5 Å². The van der Waals surface area contributed by atoms with Gasteiger partial charge < -0.3 is 14.8 Å². The first-order valence-corrected chi connectivity index (χ1v) is 9.30. The van der Waals surface area contributed by atoms with Crippen molar-refractivity contribution in [1.82, 2.24) is 9.78 Å². The van der Waals surface area contributed by atoms with E-state index >= 15 is 0 Å². The highest BCUT2D eigenvalue weighted by atomic mass is 35.5. The van der Waals surface area contributed by atoms with Gasteiger partial charge >= 0.3 is 5.97 Å². The van der Waals surface area contributed by atoms with Crippen molar-refractivity contribution >= 4 is 29.2 Å². The molecule has 0 saturated carbocycles. The lowest BCUT2D eigenvalue weighted by molar-refractivity contribution is 0.0516. The molecule has 2 aromatic carbocycles. The number of nitrogens with zero attached hydrogens (tertiary/aromatic N) is 2. The van der Waals surface area contributed by atoms with Gasteiger partial charge in [-0.2, -0.15) is 5.10 Å². The molecular formula is C21H20ClN3O4. The maximum absolute atomic E-state index is 13.0. The van der Waals surface area contributed by atoms with Gasteiger partial charge in [-0.05, 0) is 62.4 Å². The third kappa shape index (κ3) is 4.41. The minimum atomic E-state index is -0.664. The molecule has 0 aliphatic carbocycles. The van der Waals surface area contributed by atoms with Crippen molar-refractivity contribution in [3.05, 3.63) is 70.5 Å². The third-order valence-corrected chi connectivity index (χ3v) is 4.48. The summed E-state index contributed by atoms with van der Waals surface area (Å²) < 4.78 is 11.7. The monoisotopic (exact) mass is 413 g/mol. The molecule has 0 saturated heterocycles. The van der Waals surface area contributed by atoms with E-state index in [2.05, 4.69) is 10.4 Å².